The van der Waals surface area contributed by atoms with E-state index in [0.29, 0.717) is 18.8 Å². The molecule has 2 aliphatic rings. The first-order valence-corrected chi connectivity index (χ1v) is 8.62. The number of nitrogens with zero attached hydrogens (tertiary/aromatic N) is 1. The Balaban J connectivity index is 1.64. The van der Waals surface area contributed by atoms with Crippen LogP contribution in [0.3, 0.4) is 0 Å². The summed E-state index contributed by atoms with van der Waals surface area (Å²) in [6.07, 6.45) is 3.49. The highest BCUT2D eigenvalue weighted by atomic mass is 16.5. The topological polar surface area (TPSA) is 46.6 Å². The van der Waals surface area contributed by atoms with E-state index in [1.54, 1.807) is 0 Å². The maximum atomic E-state index is 12.8. The summed E-state index contributed by atoms with van der Waals surface area (Å²) in [7, 11) is 0. The molecule has 0 aromatic heterocycles. The number of hydrogen-bond donors (Lipinski definition) is 0. The number of rotatable bonds is 4. The van der Waals surface area contributed by atoms with E-state index in [-0.39, 0.29) is 17.8 Å². The third-order valence-electron chi connectivity index (χ3n) is 4.88. The summed E-state index contributed by atoms with van der Waals surface area (Å²) in [5.74, 6) is 0.795. The predicted octanol–water partition coefficient (Wildman–Crippen LogP) is 3.09. The van der Waals surface area contributed by atoms with Crippen molar-refractivity contribution >= 4 is 11.7 Å². The Morgan fingerprint density at radius 2 is 2.00 bits per heavy atom. The van der Waals surface area contributed by atoms with E-state index < -0.39 is 0 Å². The molecule has 1 aliphatic carbocycles. The molecule has 4 heteroatoms. The fourth-order valence-corrected chi connectivity index (χ4v) is 3.49. The van der Waals surface area contributed by atoms with Crippen molar-refractivity contribution in [2.45, 2.75) is 45.6 Å². The van der Waals surface area contributed by atoms with Gasteiger partial charge in [-0.05, 0) is 50.7 Å². The van der Waals surface area contributed by atoms with Crippen LogP contribution in [0.4, 0.5) is 0 Å². The zero-order chi connectivity index (χ0) is 16.4. The van der Waals surface area contributed by atoms with E-state index in [0.717, 1.165) is 49.2 Å². The molecule has 1 aliphatic heterocycles. The van der Waals surface area contributed by atoms with E-state index in [2.05, 4.69) is 13.8 Å². The Kier molecular flexibility index (Phi) is 4.81. The van der Waals surface area contributed by atoms with Crippen molar-refractivity contribution in [2.24, 2.45) is 5.92 Å². The highest BCUT2D eigenvalue weighted by molar-refractivity contribution is 6.05. The Labute approximate surface area is 137 Å². The van der Waals surface area contributed by atoms with Gasteiger partial charge in [0.15, 0.2) is 5.78 Å². The number of Topliss-reactive ketones (excluding diaryl/α,β-unsaturated/α-hetero) is 1. The highest BCUT2D eigenvalue weighted by Gasteiger charge is 2.29. The van der Waals surface area contributed by atoms with Crippen LogP contribution in [0.2, 0.25) is 0 Å². The van der Waals surface area contributed by atoms with Gasteiger partial charge in [-0.1, -0.05) is 12.1 Å². The Morgan fingerprint density at radius 1 is 1.26 bits per heavy atom. The van der Waals surface area contributed by atoms with Crippen LogP contribution in [0.25, 0.3) is 0 Å². The molecule has 1 amide bonds. The van der Waals surface area contributed by atoms with Crippen molar-refractivity contribution in [3.63, 3.8) is 0 Å². The number of amides is 1. The van der Waals surface area contributed by atoms with Crippen LogP contribution < -0.4 is 0 Å². The van der Waals surface area contributed by atoms with Crippen LogP contribution in [0.5, 0.6) is 0 Å². The zero-order valence-electron chi connectivity index (χ0n) is 14.0. The van der Waals surface area contributed by atoms with Crippen LogP contribution in [-0.2, 0) is 11.2 Å². The van der Waals surface area contributed by atoms with E-state index in [9.17, 15) is 9.59 Å². The van der Waals surface area contributed by atoms with Gasteiger partial charge < -0.3 is 9.64 Å². The summed E-state index contributed by atoms with van der Waals surface area (Å²) >= 11 is 0. The maximum Gasteiger partial charge on any atom is 0.254 e. The van der Waals surface area contributed by atoms with Crippen LogP contribution in [0.1, 0.15) is 59.4 Å². The summed E-state index contributed by atoms with van der Waals surface area (Å²) in [4.78, 5) is 26.6. The number of ketones is 1. The molecule has 0 spiro atoms. The SMILES string of the molecule is CC(C)OCC1CCN(C(=O)c2cccc3c2CCC3=O)CC1. The van der Waals surface area contributed by atoms with Crippen molar-refractivity contribution in [3.8, 4) is 0 Å². The number of carbonyl (C=O) groups excluding carboxylic acids is 2. The molecule has 1 aromatic carbocycles. The molecular formula is C19H25NO3. The molecule has 1 fully saturated rings. The minimum absolute atomic E-state index is 0.0831. The molecule has 1 heterocycles. The Morgan fingerprint density at radius 3 is 2.70 bits per heavy atom. The second-order valence-electron chi connectivity index (χ2n) is 6.87. The molecule has 3 rings (SSSR count). The minimum Gasteiger partial charge on any atom is -0.379 e. The molecule has 0 unspecified atom stereocenters. The largest absolute Gasteiger partial charge is 0.379 e. The van der Waals surface area contributed by atoms with Gasteiger partial charge in [0.1, 0.15) is 0 Å². The first-order valence-electron chi connectivity index (χ1n) is 8.62. The van der Waals surface area contributed by atoms with Gasteiger partial charge in [0, 0.05) is 37.2 Å². The highest BCUT2D eigenvalue weighted by Crippen LogP contribution is 2.27. The molecule has 124 valence electrons. The van der Waals surface area contributed by atoms with Crippen molar-refractivity contribution in [1.82, 2.24) is 4.90 Å². The number of benzene rings is 1. The zero-order valence-corrected chi connectivity index (χ0v) is 14.0. The molecular weight excluding hydrogens is 290 g/mol. The van der Waals surface area contributed by atoms with Crippen LogP contribution in [0.15, 0.2) is 18.2 Å². The third-order valence-corrected chi connectivity index (χ3v) is 4.88. The van der Waals surface area contributed by atoms with Crippen molar-refractivity contribution in [3.05, 3.63) is 34.9 Å². The van der Waals surface area contributed by atoms with Gasteiger partial charge in [0.25, 0.3) is 5.91 Å². The quantitative estimate of drug-likeness (QED) is 0.858. The van der Waals surface area contributed by atoms with E-state index >= 15 is 0 Å². The average Bonchev–Trinajstić information content (AvgIpc) is 2.94. The lowest BCUT2D eigenvalue weighted by Crippen LogP contribution is -2.40. The number of piperidine rings is 1. The maximum absolute atomic E-state index is 12.8. The van der Waals surface area contributed by atoms with Gasteiger partial charge >= 0.3 is 0 Å². The molecule has 4 nitrogen and oxygen atoms in total. The molecule has 23 heavy (non-hydrogen) atoms. The number of fused-ring (bicyclic) bond motifs is 1. The van der Waals surface area contributed by atoms with Gasteiger partial charge in [0.05, 0.1) is 6.10 Å². The minimum atomic E-state index is 0.0831. The predicted molar refractivity (Wildman–Crippen MR) is 88.8 cm³/mol. The number of hydrogen-bond acceptors (Lipinski definition) is 3. The Bertz CT molecular complexity index is 601. The van der Waals surface area contributed by atoms with Crippen LogP contribution in [0, 0.1) is 5.92 Å². The lowest BCUT2D eigenvalue weighted by molar-refractivity contribution is 0.0286. The summed E-state index contributed by atoms with van der Waals surface area (Å²) < 4.78 is 5.69. The monoisotopic (exact) mass is 315 g/mol. The molecule has 1 aromatic rings. The standard InChI is InChI=1S/C19H25NO3/c1-13(2)23-12-14-8-10-20(11-9-14)19(22)17-5-3-4-16-15(17)6-7-18(16)21/h3-5,13-14H,6-12H2,1-2H3. The number of ether oxygens (including phenoxy) is 1. The van der Waals surface area contributed by atoms with Gasteiger partial charge in [-0.3, -0.25) is 9.59 Å². The van der Waals surface area contributed by atoms with Crippen molar-refractivity contribution < 1.29 is 14.3 Å². The van der Waals surface area contributed by atoms with Gasteiger partial charge in [-0.15, -0.1) is 0 Å². The van der Waals surface area contributed by atoms with E-state index in [1.807, 2.05) is 23.1 Å². The smallest absolute Gasteiger partial charge is 0.254 e. The van der Waals surface area contributed by atoms with Crippen LogP contribution >= 0.6 is 0 Å². The third kappa shape index (κ3) is 3.47. The second-order valence-corrected chi connectivity index (χ2v) is 6.87. The molecule has 0 N–H and O–H groups in total. The molecule has 0 atom stereocenters. The average molecular weight is 315 g/mol. The molecule has 0 bridgehead atoms. The van der Waals surface area contributed by atoms with E-state index in [4.69, 9.17) is 4.74 Å². The Hall–Kier alpha value is -1.68. The van der Waals surface area contributed by atoms with Crippen molar-refractivity contribution in [1.29, 1.82) is 0 Å². The first-order chi connectivity index (χ1) is 11.1. The summed E-state index contributed by atoms with van der Waals surface area (Å²) in [6.45, 7) is 6.45. The number of likely N-dealkylation sites (tertiary alicyclic amines) is 1. The fraction of sp³-hybridized carbons (Fsp3) is 0.579. The molecule has 0 saturated carbocycles. The van der Waals surface area contributed by atoms with Gasteiger partial charge in [-0.2, -0.15) is 0 Å². The lowest BCUT2D eigenvalue weighted by atomic mass is 9.96. The molecule has 0 radical (unpaired) electrons. The second kappa shape index (κ2) is 6.83. The summed E-state index contributed by atoms with van der Waals surface area (Å²) in [6, 6.07) is 5.54. The lowest BCUT2D eigenvalue weighted by Gasteiger charge is -2.32. The van der Waals surface area contributed by atoms with Crippen molar-refractivity contribution in [2.75, 3.05) is 19.7 Å². The normalized spacial score (nSPS) is 18.6. The van der Waals surface area contributed by atoms with Gasteiger partial charge in [-0.25, -0.2) is 0 Å². The first kappa shape index (κ1) is 16.2. The van der Waals surface area contributed by atoms with Crippen LogP contribution in [-0.4, -0.2) is 42.4 Å². The molecule has 1 saturated heterocycles. The summed E-state index contributed by atoms with van der Waals surface area (Å²) in [5, 5.41) is 0. The number of carbonyl (C=O) groups is 2. The van der Waals surface area contributed by atoms with Gasteiger partial charge in [0.2, 0.25) is 0 Å². The fourth-order valence-electron chi connectivity index (χ4n) is 3.49. The summed E-state index contributed by atoms with van der Waals surface area (Å²) in [5.41, 5.74) is 2.43. The van der Waals surface area contributed by atoms with E-state index in [1.165, 1.54) is 0 Å².